The third-order valence-corrected chi connectivity index (χ3v) is 5.59. The number of aromatic nitrogens is 3. The van der Waals surface area contributed by atoms with Gasteiger partial charge in [-0.3, -0.25) is 4.79 Å². The molecule has 0 unspecified atom stereocenters. The molecule has 0 saturated carbocycles. The van der Waals surface area contributed by atoms with Crippen molar-refractivity contribution >= 4 is 17.7 Å². The second kappa shape index (κ2) is 11.8. The summed E-state index contributed by atoms with van der Waals surface area (Å²) in [4.78, 5) is 12.3. The number of rotatable bonds is 12. The molecule has 0 saturated heterocycles. The van der Waals surface area contributed by atoms with Crippen molar-refractivity contribution in [1.29, 1.82) is 0 Å². The van der Waals surface area contributed by atoms with E-state index in [0.717, 1.165) is 35.9 Å². The molecule has 0 spiro atoms. The fourth-order valence-electron chi connectivity index (χ4n) is 3.05. The van der Waals surface area contributed by atoms with Crippen LogP contribution in [0.4, 0.5) is 0 Å². The summed E-state index contributed by atoms with van der Waals surface area (Å²) in [5.41, 5.74) is 1.11. The first-order valence-electron chi connectivity index (χ1n) is 10.0. The van der Waals surface area contributed by atoms with E-state index in [1.807, 2.05) is 37.3 Å². The van der Waals surface area contributed by atoms with E-state index >= 15 is 0 Å². The second-order valence-corrected chi connectivity index (χ2v) is 7.74. The van der Waals surface area contributed by atoms with Crippen molar-refractivity contribution in [2.45, 2.75) is 77.0 Å². The first-order valence-corrected chi connectivity index (χ1v) is 11.0. The summed E-state index contributed by atoms with van der Waals surface area (Å²) in [7, 11) is 0. The number of aryl methyl sites for hydroxylation is 1. The van der Waals surface area contributed by atoms with Crippen LogP contribution in [0.25, 0.3) is 0 Å². The van der Waals surface area contributed by atoms with Gasteiger partial charge in [0.05, 0.1) is 11.8 Å². The average Bonchev–Trinajstić information content (AvgIpc) is 3.08. The molecule has 6 heteroatoms. The first kappa shape index (κ1) is 21.5. The monoisotopic (exact) mass is 388 g/mol. The first-order chi connectivity index (χ1) is 13.2. The Morgan fingerprint density at radius 1 is 1.11 bits per heavy atom. The third kappa shape index (κ3) is 7.01. The van der Waals surface area contributed by atoms with Crippen molar-refractivity contribution in [3.63, 3.8) is 0 Å². The number of hydrogen-bond acceptors (Lipinski definition) is 4. The molecule has 0 aliphatic rings. The number of thioether (sulfide) groups is 1. The lowest BCUT2D eigenvalue weighted by molar-refractivity contribution is -0.119. The predicted molar refractivity (Wildman–Crippen MR) is 112 cm³/mol. The van der Waals surface area contributed by atoms with Gasteiger partial charge >= 0.3 is 0 Å². The molecule has 0 aliphatic heterocycles. The van der Waals surface area contributed by atoms with Crippen molar-refractivity contribution in [1.82, 2.24) is 20.1 Å². The molecule has 1 heterocycles. The average molecular weight is 389 g/mol. The van der Waals surface area contributed by atoms with Crippen molar-refractivity contribution in [2.24, 2.45) is 0 Å². The number of carbonyl (C=O) groups excluding carboxylic acids is 1. The van der Waals surface area contributed by atoms with Crippen LogP contribution in [0, 0.1) is 0 Å². The van der Waals surface area contributed by atoms with E-state index in [-0.39, 0.29) is 11.9 Å². The highest BCUT2D eigenvalue weighted by Gasteiger charge is 2.14. The smallest absolute Gasteiger partial charge is 0.230 e. The molecule has 1 aromatic carbocycles. The normalized spacial score (nSPS) is 12.1. The molecule has 1 amide bonds. The Morgan fingerprint density at radius 2 is 1.85 bits per heavy atom. The van der Waals surface area contributed by atoms with Gasteiger partial charge in [-0.2, -0.15) is 0 Å². The van der Waals surface area contributed by atoms with E-state index in [2.05, 4.69) is 33.9 Å². The van der Waals surface area contributed by atoms with Gasteiger partial charge in [-0.15, -0.1) is 10.2 Å². The molecule has 2 rings (SSSR count). The minimum atomic E-state index is 0.00188. The standard InChI is InChI=1S/C21H32N4OS/c1-4-6-7-8-12-15-19-23-24-21(25(19)5-2)27-16-20(26)22-17(3)18-13-10-9-11-14-18/h9-11,13-14,17H,4-8,12,15-16H2,1-3H3,(H,22,26)/t17-/m0/s1. The van der Waals surface area contributed by atoms with Gasteiger partial charge in [0.15, 0.2) is 5.16 Å². The lowest BCUT2D eigenvalue weighted by Crippen LogP contribution is -2.28. The quantitative estimate of drug-likeness (QED) is 0.420. The van der Waals surface area contributed by atoms with Gasteiger partial charge in [0.1, 0.15) is 5.82 Å². The minimum absolute atomic E-state index is 0.00188. The summed E-state index contributed by atoms with van der Waals surface area (Å²) in [5, 5.41) is 12.5. The highest BCUT2D eigenvalue weighted by Crippen LogP contribution is 2.19. The predicted octanol–water partition coefficient (Wildman–Crippen LogP) is 4.78. The number of unbranched alkanes of at least 4 members (excludes halogenated alkanes) is 4. The Balaban J connectivity index is 1.81. The van der Waals surface area contributed by atoms with Crippen LogP contribution in [0.2, 0.25) is 0 Å². The van der Waals surface area contributed by atoms with Crippen molar-refractivity contribution in [2.75, 3.05) is 5.75 Å². The van der Waals surface area contributed by atoms with Gasteiger partial charge in [-0.1, -0.05) is 74.7 Å². The molecular weight excluding hydrogens is 356 g/mol. The molecule has 1 aromatic heterocycles. The van der Waals surface area contributed by atoms with Crippen LogP contribution in [0.5, 0.6) is 0 Å². The van der Waals surface area contributed by atoms with Crippen molar-refractivity contribution < 1.29 is 4.79 Å². The molecule has 0 aliphatic carbocycles. The zero-order valence-corrected chi connectivity index (χ0v) is 17.6. The SMILES string of the molecule is CCCCCCCc1nnc(SCC(=O)N[C@@H](C)c2ccccc2)n1CC. The van der Waals surface area contributed by atoms with E-state index in [0.29, 0.717) is 5.75 Å². The number of nitrogens with one attached hydrogen (secondary N) is 1. The Hall–Kier alpha value is -1.82. The number of nitrogens with zero attached hydrogens (tertiary/aromatic N) is 3. The van der Waals surface area contributed by atoms with Crippen molar-refractivity contribution in [3.8, 4) is 0 Å². The zero-order valence-electron chi connectivity index (χ0n) is 16.8. The van der Waals surface area contributed by atoms with Crippen LogP contribution in [0.1, 0.15) is 70.3 Å². The maximum Gasteiger partial charge on any atom is 0.230 e. The maximum absolute atomic E-state index is 12.3. The summed E-state index contributed by atoms with van der Waals surface area (Å²) >= 11 is 1.46. The molecule has 1 N–H and O–H groups in total. The molecule has 1 atom stereocenters. The van der Waals surface area contributed by atoms with E-state index in [1.54, 1.807) is 0 Å². The number of carbonyl (C=O) groups is 1. The molecule has 0 bridgehead atoms. The summed E-state index contributed by atoms with van der Waals surface area (Å²) in [6, 6.07) is 10.0. The largest absolute Gasteiger partial charge is 0.349 e. The fourth-order valence-corrected chi connectivity index (χ4v) is 3.89. The summed E-state index contributed by atoms with van der Waals surface area (Å²) in [6.07, 6.45) is 7.21. The zero-order chi connectivity index (χ0) is 19.5. The maximum atomic E-state index is 12.3. The second-order valence-electron chi connectivity index (χ2n) is 6.80. The summed E-state index contributed by atoms with van der Waals surface area (Å²) < 4.78 is 2.14. The van der Waals surface area contributed by atoms with Crippen LogP contribution in [0.3, 0.4) is 0 Å². The Morgan fingerprint density at radius 3 is 2.56 bits per heavy atom. The van der Waals surface area contributed by atoms with Gasteiger partial charge < -0.3 is 9.88 Å². The van der Waals surface area contributed by atoms with Crippen LogP contribution in [0.15, 0.2) is 35.5 Å². The van der Waals surface area contributed by atoms with Crippen LogP contribution >= 0.6 is 11.8 Å². The topological polar surface area (TPSA) is 59.8 Å². The van der Waals surface area contributed by atoms with E-state index < -0.39 is 0 Å². The number of benzene rings is 1. The number of amides is 1. The summed E-state index contributed by atoms with van der Waals surface area (Å²) in [5.74, 6) is 1.41. The van der Waals surface area contributed by atoms with Gasteiger partial charge in [0.2, 0.25) is 5.91 Å². The Bertz CT molecular complexity index is 687. The van der Waals surface area contributed by atoms with E-state index in [9.17, 15) is 4.79 Å². The van der Waals surface area contributed by atoms with Crippen LogP contribution < -0.4 is 5.32 Å². The molecule has 0 radical (unpaired) electrons. The molecular formula is C21H32N4OS. The Kier molecular flexibility index (Phi) is 9.39. The van der Waals surface area contributed by atoms with Gasteiger partial charge in [-0.25, -0.2) is 0 Å². The lowest BCUT2D eigenvalue weighted by Gasteiger charge is -2.14. The molecule has 0 fully saturated rings. The molecule has 5 nitrogen and oxygen atoms in total. The highest BCUT2D eigenvalue weighted by molar-refractivity contribution is 7.99. The third-order valence-electron chi connectivity index (χ3n) is 4.62. The van der Waals surface area contributed by atoms with E-state index in [4.69, 9.17) is 0 Å². The molecule has 148 valence electrons. The minimum Gasteiger partial charge on any atom is -0.349 e. The molecule has 2 aromatic rings. The molecule has 27 heavy (non-hydrogen) atoms. The van der Waals surface area contributed by atoms with Gasteiger partial charge in [0, 0.05) is 13.0 Å². The van der Waals surface area contributed by atoms with Crippen LogP contribution in [-0.2, 0) is 17.8 Å². The summed E-state index contributed by atoms with van der Waals surface area (Å²) in [6.45, 7) is 7.17. The number of hydrogen-bond donors (Lipinski definition) is 1. The fraction of sp³-hybridized carbons (Fsp3) is 0.571. The lowest BCUT2D eigenvalue weighted by atomic mass is 10.1. The Labute approximate surface area is 167 Å². The van der Waals surface area contributed by atoms with Gasteiger partial charge in [0.25, 0.3) is 0 Å². The highest BCUT2D eigenvalue weighted by atomic mass is 32.2. The van der Waals surface area contributed by atoms with Gasteiger partial charge in [-0.05, 0) is 25.8 Å². The van der Waals surface area contributed by atoms with E-state index in [1.165, 1.54) is 37.4 Å². The van der Waals surface area contributed by atoms with Crippen molar-refractivity contribution in [3.05, 3.63) is 41.7 Å². The van der Waals surface area contributed by atoms with Crippen LogP contribution in [-0.4, -0.2) is 26.4 Å².